The average molecular weight is 250 g/mol. The van der Waals surface area contributed by atoms with Crippen molar-refractivity contribution in [1.82, 2.24) is 10.3 Å². The molecule has 1 atom stereocenters. The standard InChI is InChI=1S/C14H22N2O2/c1-11-7-13(8-12(2)16-11)9-15-14(3-5-17)4-6-18-10-14/h7-8,15,17H,3-6,9-10H2,1-2H3. The zero-order chi connectivity index (χ0) is 13.0. The fourth-order valence-electron chi connectivity index (χ4n) is 2.56. The van der Waals surface area contributed by atoms with Crippen LogP contribution in [-0.2, 0) is 11.3 Å². The summed E-state index contributed by atoms with van der Waals surface area (Å²) in [4.78, 5) is 4.38. The average Bonchev–Trinajstić information content (AvgIpc) is 2.75. The molecule has 1 aliphatic heterocycles. The molecule has 2 N–H and O–H groups in total. The van der Waals surface area contributed by atoms with E-state index in [2.05, 4.69) is 22.4 Å². The van der Waals surface area contributed by atoms with Gasteiger partial charge in [-0.15, -0.1) is 0 Å². The molecule has 1 aromatic rings. The first kappa shape index (κ1) is 13.5. The predicted octanol–water partition coefficient (Wildman–Crippen LogP) is 1.33. The molecule has 2 heterocycles. The minimum Gasteiger partial charge on any atom is -0.396 e. The molecule has 1 unspecified atom stereocenters. The fourth-order valence-corrected chi connectivity index (χ4v) is 2.56. The number of pyridine rings is 1. The van der Waals surface area contributed by atoms with Gasteiger partial charge in [0.05, 0.1) is 6.61 Å². The summed E-state index contributed by atoms with van der Waals surface area (Å²) in [5, 5.41) is 12.7. The second-order valence-electron chi connectivity index (χ2n) is 5.17. The van der Waals surface area contributed by atoms with Gasteiger partial charge in [-0.25, -0.2) is 0 Å². The van der Waals surface area contributed by atoms with E-state index in [-0.39, 0.29) is 12.1 Å². The Morgan fingerprint density at radius 1 is 1.39 bits per heavy atom. The van der Waals surface area contributed by atoms with Crippen molar-refractivity contribution in [3.05, 3.63) is 29.1 Å². The van der Waals surface area contributed by atoms with E-state index >= 15 is 0 Å². The molecule has 1 aliphatic rings. The van der Waals surface area contributed by atoms with Crippen LogP contribution >= 0.6 is 0 Å². The van der Waals surface area contributed by atoms with Gasteiger partial charge in [0, 0.05) is 36.7 Å². The first-order valence-electron chi connectivity index (χ1n) is 6.51. The van der Waals surface area contributed by atoms with Gasteiger partial charge in [0.1, 0.15) is 0 Å². The maximum atomic E-state index is 9.17. The van der Waals surface area contributed by atoms with Gasteiger partial charge in [-0.3, -0.25) is 4.98 Å². The molecular formula is C14H22N2O2. The van der Waals surface area contributed by atoms with Crippen LogP contribution in [-0.4, -0.2) is 35.5 Å². The zero-order valence-electron chi connectivity index (χ0n) is 11.2. The van der Waals surface area contributed by atoms with E-state index < -0.39 is 0 Å². The van der Waals surface area contributed by atoms with E-state index in [0.29, 0.717) is 6.61 Å². The molecule has 0 saturated carbocycles. The van der Waals surface area contributed by atoms with Crippen LogP contribution in [0.4, 0.5) is 0 Å². The molecule has 1 fully saturated rings. The highest BCUT2D eigenvalue weighted by Gasteiger charge is 2.33. The Balaban J connectivity index is 2.00. The van der Waals surface area contributed by atoms with Crippen molar-refractivity contribution >= 4 is 0 Å². The van der Waals surface area contributed by atoms with E-state index in [1.807, 2.05) is 13.8 Å². The largest absolute Gasteiger partial charge is 0.396 e. The van der Waals surface area contributed by atoms with Crippen molar-refractivity contribution in [1.29, 1.82) is 0 Å². The van der Waals surface area contributed by atoms with E-state index in [9.17, 15) is 5.11 Å². The van der Waals surface area contributed by atoms with Crippen LogP contribution in [0.2, 0.25) is 0 Å². The number of nitrogens with zero attached hydrogens (tertiary/aromatic N) is 1. The highest BCUT2D eigenvalue weighted by molar-refractivity contribution is 5.20. The lowest BCUT2D eigenvalue weighted by molar-refractivity contribution is 0.146. The first-order chi connectivity index (χ1) is 8.63. The summed E-state index contributed by atoms with van der Waals surface area (Å²) in [5.41, 5.74) is 3.28. The lowest BCUT2D eigenvalue weighted by Gasteiger charge is -2.28. The van der Waals surface area contributed by atoms with Gasteiger partial charge in [-0.2, -0.15) is 0 Å². The fraction of sp³-hybridized carbons (Fsp3) is 0.643. The number of nitrogens with one attached hydrogen (secondary N) is 1. The first-order valence-corrected chi connectivity index (χ1v) is 6.51. The van der Waals surface area contributed by atoms with E-state index in [1.165, 1.54) is 5.56 Å². The Labute approximate surface area is 108 Å². The Morgan fingerprint density at radius 3 is 2.67 bits per heavy atom. The number of rotatable bonds is 5. The Kier molecular flexibility index (Phi) is 4.32. The summed E-state index contributed by atoms with van der Waals surface area (Å²) in [6, 6.07) is 4.20. The van der Waals surface area contributed by atoms with Crippen molar-refractivity contribution in [2.45, 2.75) is 38.8 Å². The third-order valence-electron chi connectivity index (χ3n) is 3.50. The molecule has 1 aromatic heterocycles. The number of aliphatic hydroxyl groups excluding tert-OH is 1. The van der Waals surface area contributed by atoms with Gasteiger partial charge in [0.25, 0.3) is 0 Å². The lowest BCUT2D eigenvalue weighted by atomic mass is 9.94. The quantitative estimate of drug-likeness (QED) is 0.828. The molecule has 4 heteroatoms. The number of aryl methyl sites for hydroxylation is 2. The minimum atomic E-state index is -0.0557. The van der Waals surface area contributed by atoms with Crippen LogP contribution in [0.15, 0.2) is 12.1 Å². The van der Waals surface area contributed by atoms with E-state index in [1.54, 1.807) is 0 Å². The van der Waals surface area contributed by atoms with Crippen molar-refractivity contribution in [3.63, 3.8) is 0 Å². The maximum Gasteiger partial charge on any atom is 0.0650 e. The number of hydrogen-bond acceptors (Lipinski definition) is 4. The second-order valence-corrected chi connectivity index (χ2v) is 5.17. The molecule has 0 aromatic carbocycles. The number of aliphatic hydroxyl groups is 1. The summed E-state index contributed by atoms with van der Waals surface area (Å²) >= 11 is 0. The Bertz CT molecular complexity index is 381. The van der Waals surface area contributed by atoms with Crippen molar-refractivity contribution in [2.24, 2.45) is 0 Å². The van der Waals surface area contributed by atoms with Crippen molar-refractivity contribution in [2.75, 3.05) is 19.8 Å². The molecule has 2 rings (SSSR count). The molecule has 0 amide bonds. The molecule has 0 radical (unpaired) electrons. The summed E-state index contributed by atoms with van der Waals surface area (Å²) in [6.45, 7) is 6.49. The predicted molar refractivity (Wildman–Crippen MR) is 70.4 cm³/mol. The maximum absolute atomic E-state index is 9.17. The Hall–Kier alpha value is -0.970. The van der Waals surface area contributed by atoms with Gasteiger partial charge in [-0.1, -0.05) is 0 Å². The summed E-state index contributed by atoms with van der Waals surface area (Å²) in [5.74, 6) is 0. The van der Waals surface area contributed by atoms with Crippen LogP contribution in [0, 0.1) is 13.8 Å². The highest BCUT2D eigenvalue weighted by atomic mass is 16.5. The molecule has 4 nitrogen and oxygen atoms in total. The van der Waals surface area contributed by atoms with Crippen LogP contribution in [0.1, 0.15) is 29.8 Å². The van der Waals surface area contributed by atoms with Crippen molar-refractivity contribution < 1.29 is 9.84 Å². The van der Waals surface area contributed by atoms with Gasteiger partial charge in [-0.05, 0) is 44.4 Å². The molecule has 1 saturated heterocycles. The van der Waals surface area contributed by atoms with Crippen LogP contribution in [0.5, 0.6) is 0 Å². The van der Waals surface area contributed by atoms with Crippen LogP contribution in [0.25, 0.3) is 0 Å². The van der Waals surface area contributed by atoms with Crippen LogP contribution < -0.4 is 5.32 Å². The summed E-state index contributed by atoms with van der Waals surface area (Å²) < 4.78 is 5.46. The molecule has 100 valence electrons. The minimum absolute atomic E-state index is 0.0557. The van der Waals surface area contributed by atoms with Gasteiger partial charge in [0.2, 0.25) is 0 Å². The van der Waals surface area contributed by atoms with E-state index in [0.717, 1.165) is 37.4 Å². The van der Waals surface area contributed by atoms with Crippen LogP contribution in [0.3, 0.4) is 0 Å². The van der Waals surface area contributed by atoms with Crippen molar-refractivity contribution in [3.8, 4) is 0 Å². The van der Waals surface area contributed by atoms with E-state index in [4.69, 9.17) is 4.74 Å². The third-order valence-corrected chi connectivity index (χ3v) is 3.50. The Morgan fingerprint density at radius 2 is 2.11 bits per heavy atom. The molecule has 0 spiro atoms. The lowest BCUT2D eigenvalue weighted by Crippen LogP contribution is -2.46. The number of hydrogen-bond donors (Lipinski definition) is 2. The summed E-state index contributed by atoms with van der Waals surface area (Å²) in [6.07, 6.45) is 1.71. The second kappa shape index (κ2) is 5.78. The van der Waals surface area contributed by atoms with Gasteiger partial charge >= 0.3 is 0 Å². The number of ether oxygens (including phenoxy) is 1. The molecule has 0 bridgehead atoms. The SMILES string of the molecule is Cc1cc(CNC2(CCO)CCOC2)cc(C)n1. The molecular weight excluding hydrogens is 228 g/mol. The molecule has 18 heavy (non-hydrogen) atoms. The highest BCUT2D eigenvalue weighted by Crippen LogP contribution is 2.23. The zero-order valence-corrected chi connectivity index (χ0v) is 11.2. The van der Waals surface area contributed by atoms with Gasteiger partial charge in [0.15, 0.2) is 0 Å². The molecule has 0 aliphatic carbocycles. The normalized spacial score (nSPS) is 23.5. The smallest absolute Gasteiger partial charge is 0.0650 e. The number of aromatic nitrogens is 1. The third kappa shape index (κ3) is 3.28. The van der Waals surface area contributed by atoms with Gasteiger partial charge < -0.3 is 15.2 Å². The summed E-state index contributed by atoms with van der Waals surface area (Å²) in [7, 11) is 0. The monoisotopic (exact) mass is 250 g/mol. The topological polar surface area (TPSA) is 54.4 Å².